The lowest BCUT2D eigenvalue weighted by molar-refractivity contribution is 0.0821. The molecule has 1 rings (SSSR count). The van der Waals surface area contributed by atoms with Crippen molar-refractivity contribution in [2.24, 2.45) is 0 Å². The summed E-state index contributed by atoms with van der Waals surface area (Å²) in [6.45, 7) is 15.2. The molecule has 1 heterocycles. The summed E-state index contributed by atoms with van der Waals surface area (Å²) in [5.41, 5.74) is 0.304. The predicted octanol–water partition coefficient (Wildman–Crippen LogP) is 3.37. The van der Waals surface area contributed by atoms with E-state index in [2.05, 4.69) is 62.9 Å². The normalized spacial score (nSPS) is 30.7. The number of hydrogen-bond acceptors (Lipinski definition) is 3. The first-order valence-corrected chi connectivity index (χ1v) is 8.71. The molecule has 0 spiro atoms. The number of nitrogens with one attached hydrogen (secondary N) is 1. The quantitative estimate of drug-likeness (QED) is 0.798. The molecule has 2 nitrogen and oxygen atoms in total. The Morgan fingerprint density at radius 2 is 1.94 bits per heavy atom. The summed E-state index contributed by atoms with van der Waals surface area (Å²) in [5.74, 6) is 0. The van der Waals surface area contributed by atoms with Crippen molar-refractivity contribution in [2.45, 2.75) is 70.2 Å². The molecular weight excluding hydrogens is 240 g/mol. The van der Waals surface area contributed by atoms with Gasteiger partial charge in [0, 0.05) is 36.0 Å². The monoisotopic (exact) mass is 272 g/mol. The molecule has 0 aliphatic carbocycles. The molecule has 0 aromatic carbocycles. The third-order valence-corrected chi connectivity index (χ3v) is 6.57. The van der Waals surface area contributed by atoms with Gasteiger partial charge in [-0.1, -0.05) is 20.8 Å². The fraction of sp³-hybridized carbons (Fsp3) is 1.00. The Bertz CT molecular complexity index is 245. The molecule has 108 valence electrons. The molecule has 2 unspecified atom stereocenters. The molecule has 18 heavy (non-hydrogen) atoms. The van der Waals surface area contributed by atoms with E-state index in [4.69, 9.17) is 0 Å². The van der Waals surface area contributed by atoms with Crippen molar-refractivity contribution in [2.75, 3.05) is 25.9 Å². The fourth-order valence-electron chi connectivity index (χ4n) is 2.83. The second-order valence-electron chi connectivity index (χ2n) is 6.14. The van der Waals surface area contributed by atoms with Crippen molar-refractivity contribution in [3.63, 3.8) is 0 Å². The topological polar surface area (TPSA) is 15.3 Å². The zero-order valence-electron chi connectivity index (χ0n) is 13.2. The summed E-state index contributed by atoms with van der Waals surface area (Å²) in [4.78, 5) is 2.71. The van der Waals surface area contributed by atoms with Crippen molar-refractivity contribution in [3.8, 4) is 0 Å². The Hall–Kier alpha value is 0.270. The maximum Gasteiger partial charge on any atom is 0.0279 e. The highest BCUT2D eigenvalue weighted by atomic mass is 32.2. The van der Waals surface area contributed by atoms with E-state index >= 15 is 0 Å². The van der Waals surface area contributed by atoms with E-state index in [1.165, 1.54) is 32.4 Å². The number of hydrogen-bond donors (Lipinski definition) is 1. The molecule has 2 atom stereocenters. The number of piperazine rings is 1. The van der Waals surface area contributed by atoms with Gasteiger partial charge in [-0.2, -0.15) is 11.8 Å². The maximum atomic E-state index is 3.72. The zero-order valence-corrected chi connectivity index (χ0v) is 14.0. The highest BCUT2D eigenvalue weighted by Gasteiger charge is 2.36. The van der Waals surface area contributed by atoms with Gasteiger partial charge in [0.2, 0.25) is 0 Å². The summed E-state index contributed by atoms with van der Waals surface area (Å²) < 4.78 is 0.445. The van der Waals surface area contributed by atoms with E-state index in [1.807, 2.05) is 0 Å². The van der Waals surface area contributed by atoms with Gasteiger partial charge < -0.3 is 5.32 Å². The standard InChI is InChI=1S/C15H32N2S/c1-7-14(5)11-17(13(4)10-16-14)12-15(8-2,9-3)18-6/h13,16H,7-12H2,1-6H3. The SMILES string of the molecule is CCC1(C)CN(CC(CC)(CC)SC)C(C)CN1. The minimum Gasteiger partial charge on any atom is -0.309 e. The van der Waals surface area contributed by atoms with Crippen LogP contribution in [0.5, 0.6) is 0 Å². The van der Waals surface area contributed by atoms with E-state index < -0.39 is 0 Å². The van der Waals surface area contributed by atoms with Crippen LogP contribution in [0.3, 0.4) is 0 Å². The Labute approximate surface area is 118 Å². The van der Waals surface area contributed by atoms with Crippen LogP contribution in [0.25, 0.3) is 0 Å². The number of nitrogens with zero attached hydrogens (tertiary/aromatic N) is 1. The number of thioether (sulfide) groups is 1. The third kappa shape index (κ3) is 3.64. The van der Waals surface area contributed by atoms with Crippen molar-refractivity contribution in [3.05, 3.63) is 0 Å². The van der Waals surface area contributed by atoms with Crippen LogP contribution >= 0.6 is 11.8 Å². The molecule has 1 saturated heterocycles. The molecule has 0 aromatic rings. The smallest absolute Gasteiger partial charge is 0.0279 e. The molecule has 0 aromatic heterocycles. The van der Waals surface area contributed by atoms with E-state index in [1.54, 1.807) is 0 Å². The van der Waals surface area contributed by atoms with Crippen LogP contribution in [0.2, 0.25) is 0 Å². The highest BCUT2D eigenvalue weighted by molar-refractivity contribution is 8.00. The van der Waals surface area contributed by atoms with E-state index in [0.717, 1.165) is 6.54 Å². The molecule has 0 saturated carbocycles. The average Bonchev–Trinajstić information content (AvgIpc) is 2.40. The Kier molecular flexibility index (Phi) is 6.01. The van der Waals surface area contributed by atoms with Gasteiger partial charge in [-0.25, -0.2) is 0 Å². The summed E-state index contributed by atoms with van der Waals surface area (Å²) in [7, 11) is 0. The van der Waals surface area contributed by atoms with Gasteiger partial charge in [-0.3, -0.25) is 4.90 Å². The number of rotatable bonds is 6. The van der Waals surface area contributed by atoms with Crippen molar-refractivity contribution in [1.29, 1.82) is 0 Å². The lowest BCUT2D eigenvalue weighted by Crippen LogP contribution is -2.63. The van der Waals surface area contributed by atoms with Crippen molar-refractivity contribution in [1.82, 2.24) is 10.2 Å². The molecule has 3 heteroatoms. The molecule has 1 fully saturated rings. The molecule has 1 aliphatic heterocycles. The van der Waals surface area contributed by atoms with Gasteiger partial charge in [0.25, 0.3) is 0 Å². The van der Waals surface area contributed by atoms with Gasteiger partial charge in [0.1, 0.15) is 0 Å². The van der Waals surface area contributed by atoms with Gasteiger partial charge in [0.15, 0.2) is 0 Å². The third-order valence-electron chi connectivity index (χ3n) is 4.99. The Morgan fingerprint density at radius 3 is 2.39 bits per heavy atom. The second kappa shape index (κ2) is 6.62. The van der Waals surface area contributed by atoms with E-state index in [-0.39, 0.29) is 0 Å². The van der Waals surface area contributed by atoms with Crippen LogP contribution in [0.15, 0.2) is 0 Å². The van der Waals surface area contributed by atoms with Gasteiger partial charge in [0.05, 0.1) is 0 Å². The van der Waals surface area contributed by atoms with Crippen LogP contribution in [-0.2, 0) is 0 Å². The average molecular weight is 273 g/mol. The lowest BCUT2D eigenvalue weighted by atomic mass is 9.92. The Balaban J connectivity index is 2.74. The van der Waals surface area contributed by atoms with Gasteiger partial charge in [-0.15, -0.1) is 0 Å². The van der Waals surface area contributed by atoms with Gasteiger partial charge >= 0.3 is 0 Å². The zero-order chi connectivity index (χ0) is 13.8. The fourth-order valence-corrected chi connectivity index (χ4v) is 3.70. The molecule has 0 amide bonds. The summed E-state index contributed by atoms with van der Waals surface area (Å²) in [5, 5.41) is 3.72. The Morgan fingerprint density at radius 1 is 1.33 bits per heavy atom. The summed E-state index contributed by atoms with van der Waals surface area (Å²) in [6.07, 6.45) is 6.02. The minimum absolute atomic E-state index is 0.304. The maximum absolute atomic E-state index is 3.72. The van der Waals surface area contributed by atoms with Crippen LogP contribution < -0.4 is 5.32 Å². The van der Waals surface area contributed by atoms with Gasteiger partial charge in [-0.05, 0) is 39.4 Å². The largest absolute Gasteiger partial charge is 0.309 e. The lowest BCUT2D eigenvalue weighted by Gasteiger charge is -2.48. The molecule has 0 bridgehead atoms. The van der Waals surface area contributed by atoms with E-state index in [9.17, 15) is 0 Å². The summed E-state index contributed by atoms with van der Waals surface area (Å²) in [6, 6.07) is 0.661. The highest BCUT2D eigenvalue weighted by Crippen LogP contribution is 2.33. The molecular formula is C15H32N2S. The van der Waals surface area contributed by atoms with Crippen LogP contribution in [0.1, 0.15) is 53.9 Å². The molecule has 1 N–H and O–H groups in total. The first-order valence-electron chi connectivity index (χ1n) is 7.48. The first-order chi connectivity index (χ1) is 8.44. The first kappa shape index (κ1) is 16.3. The molecule has 1 aliphatic rings. The molecule has 0 radical (unpaired) electrons. The van der Waals surface area contributed by atoms with Crippen molar-refractivity contribution >= 4 is 11.8 Å². The predicted molar refractivity (Wildman–Crippen MR) is 84.6 cm³/mol. The van der Waals surface area contributed by atoms with E-state index in [0.29, 0.717) is 16.3 Å². The van der Waals surface area contributed by atoms with Crippen molar-refractivity contribution < 1.29 is 0 Å². The van der Waals surface area contributed by atoms with Crippen LogP contribution in [0.4, 0.5) is 0 Å². The second-order valence-corrected chi connectivity index (χ2v) is 7.42. The minimum atomic E-state index is 0.304. The van der Waals surface area contributed by atoms with Crippen LogP contribution in [-0.4, -0.2) is 47.1 Å². The van der Waals surface area contributed by atoms with Crippen LogP contribution in [0, 0.1) is 0 Å². The summed E-state index contributed by atoms with van der Waals surface area (Å²) >= 11 is 2.06.